The number of ketones is 1. The van der Waals surface area contributed by atoms with Crippen LogP contribution in [0, 0.1) is 5.92 Å². The Morgan fingerprint density at radius 2 is 1.23 bits per heavy atom. The van der Waals surface area contributed by atoms with E-state index in [1.807, 2.05) is 0 Å². The van der Waals surface area contributed by atoms with Crippen molar-refractivity contribution in [1.29, 1.82) is 0 Å². The molecule has 56 heavy (non-hydrogen) atoms. The van der Waals surface area contributed by atoms with E-state index in [1.54, 1.807) is 44.2 Å². The van der Waals surface area contributed by atoms with E-state index in [0.29, 0.717) is 12.0 Å². The number of nitrogens with one attached hydrogen (secondary N) is 5. The van der Waals surface area contributed by atoms with Gasteiger partial charge in [-0.15, -0.1) is 0 Å². The number of aliphatic hydroxyl groups is 1. The van der Waals surface area contributed by atoms with Crippen LogP contribution in [0.3, 0.4) is 0 Å². The Labute approximate surface area is 321 Å². The van der Waals surface area contributed by atoms with Gasteiger partial charge in [0.2, 0.25) is 35.4 Å². The molecule has 0 aromatic heterocycles. The van der Waals surface area contributed by atoms with Crippen molar-refractivity contribution in [2.24, 2.45) is 5.92 Å². The number of aliphatic carboxylic acids is 2. The number of carbonyl (C=O) groups is 9. The third-order valence-corrected chi connectivity index (χ3v) is 9.34. The molecule has 0 radical (unpaired) electrons. The van der Waals surface area contributed by atoms with E-state index in [-0.39, 0.29) is 42.2 Å². The molecule has 18 nitrogen and oxygen atoms in total. The monoisotopic (exact) mass is 778 g/mol. The summed E-state index contributed by atoms with van der Waals surface area (Å²) in [4.78, 5) is 121. The number of carbonyl (C=O) groups excluding carboxylic acids is 7. The lowest BCUT2D eigenvalue weighted by molar-refractivity contribution is -0.147. The number of benzene rings is 2. The van der Waals surface area contributed by atoms with Gasteiger partial charge in [0.15, 0.2) is 5.78 Å². The molecule has 0 saturated carbocycles. The first-order chi connectivity index (χ1) is 26.5. The Morgan fingerprint density at radius 3 is 1.82 bits per heavy atom. The molecule has 2 aromatic rings. The number of aliphatic hydroxyl groups excluding tert-OH is 1. The molecule has 0 spiro atoms. The van der Waals surface area contributed by atoms with Crippen molar-refractivity contribution in [3.8, 4) is 0 Å². The van der Waals surface area contributed by atoms with Gasteiger partial charge in [0.05, 0.1) is 18.9 Å². The predicted octanol–water partition coefficient (Wildman–Crippen LogP) is -0.605. The molecular formula is C38H46N6O12. The van der Waals surface area contributed by atoms with Gasteiger partial charge < -0.3 is 46.8 Å². The van der Waals surface area contributed by atoms with E-state index < -0.39 is 103 Å². The average molecular weight is 779 g/mol. The first-order valence-corrected chi connectivity index (χ1v) is 18.1. The van der Waals surface area contributed by atoms with Crippen LogP contribution in [0.15, 0.2) is 54.6 Å². The summed E-state index contributed by atoms with van der Waals surface area (Å²) >= 11 is 0. The molecule has 6 amide bonds. The average Bonchev–Trinajstić information content (AvgIpc) is 3.64. The standard InChI is InChI=1S/C38H46N6O12/c1-19(2)16-24-33(51)39-25(17-28(46)47)34(52)42-30(20(3)45)36(54)41-26(18-29(48)49)38(56)44-15-7-10-27(44)35(53)43-31(37(55)40-24)21-11-13-23(14-12-21)32(50)22-8-5-4-6-9-22/h4-6,8-9,11-14,19-20,24-27,30-31,45H,7,10,15-18H2,1-3H3,(H,39,51)(H,40,55)(H,41,54)(H,42,52)(H,43,53)(H,46,47)(H,48,49)/t20-,24+,25+,26+,27-,30+,31+/m1/s1. The van der Waals surface area contributed by atoms with Crippen LogP contribution in [-0.2, 0) is 38.4 Å². The summed E-state index contributed by atoms with van der Waals surface area (Å²) in [5.41, 5.74) is 0.853. The summed E-state index contributed by atoms with van der Waals surface area (Å²) in [5.74, 6) is -9.66. The lowest BCUT2D eigenvalue weighted by Crippen LogP contribution is -2.62. The van der Waals surface area contributed by atoms with Crippen molar-refractivity contribution in [3.05, 3.63) is 71.3 Å². The number of nitrogens with zero attached hydrogens (tertiary/aromatic N) is 1. The summed E-state index contributed by atoms with van der Waals surface area (Å²) in [7, 11) is 0. The first-order valence-electron chi connectivity index (χ1n) is 18.1. The van der Waals surface area contributed by atoms with E-state index in [9.17, 15) is 58.5 Å². The van der Waals surface area contributed by atoms with Gasteiger partial charge in [-0.1, -0.05) is 68.4 Å². The molecule has 2 aliphatic heterocycles. The zero-order valence-electron chi connectivity index (χ0n) is 31.0. The minimum absolute atomic E-state index is 0.0151. The van der Waals surface area contributed by atoms with Crippen molar-refractivity contribution in [2.75, 3.05) is 6.54 Å². The van der Waals surface area contributed by atoms with Crippen LogP contribution in [0.4, 0.5) is 0 Å². The molecule has 2 aromatic carbocycles. The number of rotatable bonds is 10. The van der Waals surface area contributed by atoms with Gasteiger partial charge in [-0.3, -0.25) is 43.2 Å². The minimum Gasteiger partial charge on any atom is -0.481 e. The summed E-state index contributed by atoms with van der Waals surface area (Å²) in [5, 5.41) is 41.6. The van der Waals surface area contributed by atoms with E-state index in [4.69, 9.17) is 0 Å². The van der Waals surface area contributed by atoms with Gasteiger partial charge in [0.1, 0.15) is 36.3 Å². The quantitative estimate of drug-likeness (QED) is 0.140. The number of carboxylic acids is 2. The zero-order chi connectivity index (χ0) is 41.3. The summed E-state index contributed by atoms with van der Waals surface area (Å²) in [6.45, 7) is 4.56. The molecule has 7 atom stereocenters. The highest BCUT2D eigenvalue weighted by Crippen LogP contribution is 2.23. The first kappa shape index (κ1) is 42.6. The van der Waals surface area contributed by atoms with E-state index >= 15 is 0 Å². The van der Waals surface area contributed by atoms with E-state index in [0.717, 1.165) is 11.8 Å². The highest BCUT2D eigenvalue weighted by molar-refractivity contribution is 6.09. The maximum absolute atomic E-state index is 14.2. The molecule has 300 valence electrons. The summed E-state index contributed by atoms with van der Waals surface area (Å²) in [6, 6.07) is 4.57. The van der Waals surface area contributed by atoms with Crippen LogP contribution >= 0.6 is 0 Å². The fourth-order valence-corrected chi connectivity index (χ4v) is 6.53. The lowest BCUT2D eigenvalue weighted by Gasteiger charge is -2.32. The molecule has 2 saturated heterocycles. The molecular weight excluding hydrogens is 732 g/mol. The van der Waals surface area contributed by atoms with Crippen LogP contribution in [0.5, 0.6) is 0 Å². The van der Waals surface area contributed by atoms with Gasteiger partial charge in [0.25, 0.3) is 0 Å². The van der Waals surface area contributed by atoms with Crippen LogP contribution in [0.25, 0.3) is 0 Å². The highest BCUT2D eigenvalue weighted by atomic mass is 16.4. The molecule has 2 heterocycles. The van der Waals surface area contributed by atoms with Crippen LogP contribution in [0.1, 0.15) is 80.4 Å². The van der Waals surface area contributed by atoms with Crippen molar-refractivity contribution >= 4 is 53.2 Å². The maximum atomic E-state index is 14.2. The van der Waals surface area contributed by atoms with Crippen molar-refractivity contribution in [2.45, 2.75) is 95.2 Å². The van der Waals surface area contributed by atoms with E-state index in [1.165, 1.54) is 24.3 Å². The van der Waals surface area contributed by atoms with Crippen LogP contribution in [-0.4, -0.2) is 116 Å². The smallest absolute Gasteiger partial charge is 0.305 e. The Kier molecular flexibility index (Phi) is 14.4. The normalized spacial score (nSPS) is 24.7. The third kappa shape index (κ3) is 11.0. The van der Waals surface area contributed by atoms with Gasteiger partial charge in [-0.2, -0.15) is 0 Å². The molecule has 2 aliphatic rings. The van der Waals surface area contributed by atoms with Gasteiger partial charge >= 0.3 is 11.9 Å². The molecule has 2 fully saturated rings. The Bertz CT molecular complexity index is 1830. The second-order valence-corrected chi connectivity index (χ2v) is 14.2. The zero-order valence-corrected chi connectivity index (χ0v) is 31.0. The summed E-state index contributed by atoms with van der Waals surface area (Å²) < 4.78 is 0. The topological polar surface area (TPSA) is 278 Å². The third-order valence-electron chi connectivity index (χ3n) is 9.34. The molecule has 0 aliphatic carbocycles. The number of hydrogen-bond acceptors (Lipinski definition) is 10. The Morgan fingerprint density at radius 1 is 0.679 bits per heavy atom. The van der Waals surface area contributed by atoms with Crippen molar-refractivity contribution in [3.63, 3.8) is 0 Å². The largest absolute Gasteiger partial charge is 0.481 e. The molecule has 4 rings (SSSR count). The lowest BCUT2D eigenvalue weighted by atomic mass is 9.97. The molecule has 18 heteroatoms. The molecule has 0 bridgehead atoms. The van der Waals surface area contributed by atoms with Crippen molar-refractivity contribution < 1.29 is 58.5 Å². The molecule has 0 unspecified atom stereocenters. The fraction of sp³-hybridized carbons (Fsp3) is 0.447. The number of hydrogen-bond donors (Lipinski definition) is 8. The minimum atomic E-state index is -1.85. The molecule has 8 N–H and O–H groups in total. The van der Waals surface area contributed by atoms with E-state index in [2.05, 4.69) is 26.6 Å². The predicted molar refractivity (Wildman–Crippen MR) is 195 cm³/mol. The van der Waals surface area contributed by atoms with Crippen LogP contribution in [0.2, 0.25) is 0 Å². The Balaban J connectivity index is 1.80. The second-order valence-electron chi connectivity index (χ2n) is 14.2. The van der Waals surface area contributed by atoms with Crippen LogP contribution < -0.4 is 26.6 Å². The van der Waals surface area contributed by atoms with Crippen molar-refractivity contribution in [1.82, 2.24) is 31.5 Å². The maximum Gasteiger partial charge on any atom is 0.305 e. The SMILES string of the molecule is CC(C)C[C@@H]1NC(=O)[C@H](c2ccc(C(=O)c3ccccc3)cc2)NC(=O)[C@H]2CCCN2C(=O)[C@H](CC(=O)O)NC(=O)[C@H]([C@@H](C)O)NC(=O)[C@H](CC(=O)O)NC1=O. The summed E-state index contributed by atoms with van der Waals surface area (Å²) in [6.07, 6.45) is -3.23. The number of amides is 6. The van der Waals surface area contributed by atoms with Gasteiger partial charge in [-0.05, 0) is 37.7 Å². The highest BCUT2D eigenvalue weighted by Gasteiger charge is 2.42. The number of fused-ring (bicyclic) bond motifs is 1. The second kappa shape index (κ2) is 18.9. The number of carboxylic acid groups (broad SMARTS) is 2. The van der Waals surface area contributed by atoms with Gasteiger partial charge in [0, 0.05) is 17.7 Å². The Hall–Kier alpha value is -6.17. The fourth-order valence-electron chi connectivity index (χ4n) is 6.53. The van der Waals surface area contributed by atoms with Gasteiger partial charge in [-0.25, -0.2) is 0 Å².